The van der Waals surface area contributed by atoms with Crippen LogP contribution in [0.2, 0.25) is 10.0 Å². The maximum Gasteiger partial charge on any atom is 0.0825 e. The minimum absolute atomic E-state index is 0. The molecule has 0 aliphatic carbocycles. The second-order valence-electron chi connectivity index (χ2n) is 4.44. The summed E-state index contributed by atoms with van der Waals surface area (Å²) >= 11 is 18.0. The number of nitrogens with zero attached hydrogens (tertiary/aromatic N) is 2. The van der Waals surface area contributed by atoms with Crippen LogP contribution < -0.4 is 4.90 Å². The van der Waals surface area contributed by atoms with Gasteiger partial charge >= 0.3 is 0 Å². The molecule has 2 nitrogen and oxygen atoms in total. The molecule has 0 unspecified atom stereocenters. The normalized spacial score (nSPS) is 16.3. The van der Waals surface area contributed by atoms with Crippen molar-refractivity contribution in [2.45, 2.75) is 6.42 Å². The van der Waals surface area contributed by atoms with E-state index in [1.807, 2.05) is 18.2 Å². The number of piperazine rings is 1. The molecular formula is C13H18Cl4N2. The molecule has 1 saturated heterocycles. The van der Waals surface area contributed by atoms with E-state index in [9.17, 15) is 0 Å². The summed E-state index contributed by atoms with van der Waals surface area (Å²) in [6, 6.07) is 5.80. The number of anilines is 1. The van der Waals surface area contributed by atoms with E-state index in [2.05, 4.69) is 9.80 Å². The van der Waals surface area contributed by atoms with Gasteiger partial charge in [-0.05, 0) is 25.1 Å². The fourth-order valence-electron chi connectivity index (χ4n) is 2.23. The third kappa shape index (κ3) is 4.57. The highest BCUT2D eigenvalue weighted by Crippen LogP contribution is 2.32. The van der Waals surface area contributed by atoms with Crippen molar-refractivity contribution in [3.63, 3.8) is 0 Å². The Morgan fingerprint density at radius 2 is 1.74 bits per heavy atom. The summed E-state index contributed by atoms with van der Waals surface area (Å²) in [7, 11) is 0. The quantitative estimate of drug-likeness (QED) is 0.757. The predicted molar refractivity (Wildman–Crippen MR) is 87.7 cm³/mol. The maximum absolute atomic E-state index is 6.24. The molecule has 1 aliphatic rings. The molecule has 1 aliphatic heterocycles. The Morgan fingerprint density at radius 1 is 1.05 bits per heavy atom. The summed E-state index contributed by atoms with van der Waals surface area (Å²) < 4.78 is 0. The molecule has 1 fully saturated rings. The van der Waals surface area contributed by atoms with E-state index in [0.717, 1.165) is 50.7 Å². The molecule has 1 aromatic rings. The lowest BCUT2D eigenvalue weighted by Gasteiger charge is -2.36. The van der Waals surface area contributed by atoms with E-state index in [-0.39, 0.29) is 12.4 Å². The molecule has 0 bridgehead atoms. The van der Waals surface area contributed by atoms with Gasteiger partial charge in [-0.25, -0.2) is 0 Å². The minimum Gasteiger partial charge on any atom is -0.368 e. The summed E-state index contributed by atoms with van der Waals surface area (Å²) in [6.07, 6.45) is 1.06. The number of alkyl halides is 1. The highest BCUT2D eigenvalue weighted by Gasteiger charge is 2.19. The van der Waals surface area contributed by atoms with E-state index < -0.39 is 0 Å². The summed E-state index contributed by atoms with van der Waals surface area (Å²) in [5.74, 6) is 0.736. The van der Waals surface area contributed by atoms with Crippen molar-refractivity contribution in [2.75, 3.05) is 43.5 Å². The zero-order valence-electron chi connectivity index (χ0n) is 10.6. The van der Waals surface area contributed by atoms with Crippen LogP contribution in [0, 0.1) is 0 Å². The smallest absolute Gasteiger partial charge is 0.0825 e. The molecule has 0 aromatic heterocycles. The van der Waals surface area contributed by atoms with Crippen molar-refractivity contribution in [1.29, 1.82) is 0 Å². The molecule has 0 N–H and O–H groups in total. The zero-order valence-corrected chi connectivity index (χ0v) is 13.7. The Morgan fingerprint density at radius 3 is 2.37 bits per heavy atom. The van der Waals surface area contributed by atoms with Crippen LogP contribution in [-0.2, 0) is 0 Å². The van der Waals surface area contributed by atoms with Crippen molar-refractivity contribution in [2.24, 2.45) is 0 Å². The molecular weight excluding hydrogens is 326 g/mol. The summed E-state index contributed by atoms with van der Waals surface area (Å²) in [4.78, 5) is 4.74. The van der Waals surface area contributed by atoms with Crippen LogP contribution >= 0.6 is 47.2 Å². The predicted octanol–water partition coefficient (Wildman–Crippen LogP) is 4.17. The van der Waals surface area contributed by atoms with Crippen LogP contribution in [0.1, 0.15) is 6.42 Å². The monoisotopic (exact) mass is 342 g/mol. The average Bonchev–Trinajstić information content (AvgIpc) is 2.40. The molecule has 108 valence electrons. The van der Waals surface area contributed by atoms with Crippen molar-refractivity contribution in [3.8, 4) is 0 Å². The summed E-state index contributed by atoms with van der Waals surface area (Å²) in [5, 5.41) is 1.28. The number of halogens is 4. The van der Waals surface area contributed by atoms with Gasteiger partial charge in [0, 0.05) is 32.1 Å². The zero-order chi connectivity index (χ0) is 13.0. The molecule has 0 saturated carbocycles. The minimum atomic E-state index is 0. The van der Waals surface area contributed by atoms with Gasteiger partial charge in [0.1, 0.15) is 0 Å². The second-order valence-corrected chi connectivity index (χ2v) is 5.61. The van der Waals surface area contributed by atoms with Gasteiger partial charge in [0.25, 0.3) is 0 Å². The van der Waals surface area contributed by atoms with E-state index in [1.54, 1.807) is 0 Å². The SMILES string of the molecule is Cl.ClCCCN1CCN(c2cccc(Cl)c2Cl)CC1. The third-order valence-corrected chi connectivity index (χ3v) is 4.33. The Hall–Kier alpha value is 0.140. The van der Waals surface area contributed by atoms with Crippen molar-refractivity contribution >= 4 is 52.9 Å². The third-order valence-electron chi connectivity index (χ3n) is 3.25. The standard InChI is InChI=1S/C13H17Cl3N2.ClH/c14-5-2-6-17-7-9-18(10-8-17)12-4-1-3-11(15)13(12)16;/h1,3-4H,2,5-10H2;1H. The van der Waals surface area contributed by atoms with Gasteiger partial charge in [-0.2, -0.15) is 0 Å². The van der Waals surface area contributed by atoms with Crippen LogP contribution in [-0.4, -0.2) is 43.5 Å². The molecule has 0 radical (unpaired) electrons. The van der Waals surface area contributed by atoms with Crippen LogP contribution in [0.5, 0.6) is 0 Å². The number of rotatable bonds is 4. The Bertz CT molecular complexity index is 392. The fourth-order valence-corrected chi connectivity index (χ4v) is 2.77. The molecule has 19 heavy (non-hydrogen) atoms. The molecule has 0 amide bonds. The lowest BCUT2D eigenvalue weighted by atomic mass is 10.2. The van der Waals surface area contributed by atoms with E-state index in [1.165, 1.54) is 0 Å². The number of hydrogen-bond donors (Lipinski definition) is 0. The van der Waals surface area contributed by atoms with E-state index in [4.69, 9.17) is 34.8 Å². The van der Waals surface area contributed by atoms with Gasteiger partial charge < -0.3 is 4.90 Å². The highest BCUT2D eigenvalue weighted by atomic mass is 35.5. The Labute approximate surface area is 136 Å². The average molecular weight is 344 g/mol. The molecule has 1 heterocycles. The van der Waals surface area contributed by atoms with Crippen LogP contribution in [0.4, 0.5) is 5.69 Å². The maximum atomic E-state index is 6.24. The molecule has 1 aromatic carbocycles. The summed E-state index contributed by atoms with van der Waals surface area (Å²) in [6.45, 7) is 5.17. The van der Waals surface area contributed by atoms with Crippen molar-refractivity contribution in [3.05, 3.63) is 28.2 Å². The first-order valence-corrected chi connectivity index (χ1v) is 7.48. The Kier molecular flexibility index (Phi) is 7.63. The number of hydrogen-bond acceptors (Lipinski definition) is 2. The highest BCUT2D eigenvalue weighted by molar-refractivity contribution is 6.43. The van der Waals surface area contributed by atoms with Crippen LogP contribution in [0.25, 0.3) is 0 Å². The second kappa shape index (κ2) is 8.43. The first-order valence-electron chi connectivity index (χ1n) is 6.19. The van der Waals surface area contributed by atoms with Crippen LogP contribution in [0.15, 0.2) is 18.2 Å². The van der Waals surface area contributed by atoms with Gasteiger partial charge in [-0.15, -0.1) is 24.0 Å². The molecule has 0 atom stereocenters. The molecule has 0 spiro atoms. The van der Waals surface area contributed by atoms with Gasteiger partial charge in [0.05, 0.1) is 15.7 Å². The lowest BCUT2D eigenvalue weighted by Crippen LogP contribution is -2.46. The largest absolute Gasteiger partial charge is 0.368 e. The van der Waals surface area contributed by atoms with Gasteiger partial charge in [-0.3, -0.25) is 4.90 Å². The Balaban J connectivity index is 0.00000180. The van der Waals surface area contributed by atoms with Gasteiger partial charge in [-0.1, -0.05) is 29.3 Å². The summed E-state index contributed by atoms with van der Waals surface area (Å²) in [5.41, 5.74) is 1.04. The van der Waals surface area contributed by atoms with E-state index >= 15 is 0 Å². The van der Waals surface area contributed by atoms with Crippen molar-refractivity contribution in [1.82, 2.24) is 4.90 Å². The number of benzene rings is 1. The van der Waals surface area contributed by atoms with Gasteiger partial charge in [0.15, 0.2) is 0 Å². The topological polar surface area (TPSA) is 6.48 Å². The molecule has 2 rings (SSSR count). The van der Waals surface area contributed by atoms with Gasteiger partial charge in [0.2, 0.25) is 0 Å². The lowest BCUT2D eigenvalue weighted by molar-refractivity contribution is 0.259. The molecule has 6 heteroatoms. The fraction of sp³-hybridized carbons (Fsp3) is 0.538. The van der Waals surface area contributed by atoms with Crippen molar-refractivity contribution < 1.29 is 0 Å². The van der Waals surface area contributed by atoms with E-state index in [0.29, 0.717) is 10.0 Å². The van der Waals surface area contributed by atoms with Crippen LogP contribution in [0.3, 0.4) is 0 Å². The first kappa shape index (κ1) is 17.2. The first-order chi connectivity index (χ1) is 8.72.